The minimum Gasteiger partial charge on any atom is -0.481 e. The molecule has 2 rings (SSSR count). The minimum absolute atomic E-state index is 0.0826. The first-order chi connectivity index (χ1) is 9.76. The highest BCUT2D eigenvalue weighted by Crippen LogP contribution is 2.32. The second-order valence-corrected chi connectivity index (χ2v) is 6.32. The fourth-order valence-electron chi connectivity index (χ4n) is 2.62. The minimum atomic E-state index is -0.793. The number of hydrogen-bond donors (Lipinski definition) is 1. The number of carbonyl (C=O) groups excluding carboxylic acids is 1. The van der Waals surface area contributed by atoms with Gasteiger partial charge in [0.05, 0.1) is 11.1 Å². The lowest BCUT2D eigenvalue weighted by molar-refractivity contribution is -0.150. The lowest BCUT2D eigenvalue weighted by atomic mass is 9.80. The molecule has 0 saturated carbocycles. The Kier molecular flexibility index (Phi) is 4.07. The van der Waals surface area contributed by atoms with Crippen LogP contribution in [0, 0.1) is 12.3 Å². The van der Waals surface area contributed by atoms with Crippen LogP contribution in [0.25, 0.3) is 0 Å². The third-order valence-corrected chi connectivity index (χ3v) is 4.30. The summed E-state index contributed by atoms with van der Waals surface area (Å²) in [6.07, 6.45) is 0.935. The number of likely N-dealkylation sites (tertiary alicyclic amines) is 1. The monoisotopic (exact) mass is 294 g/mol. The number of piperidine rings is 1. The van der Waals surface area contributed by atoms with Crippen molar-refractivity contribution in [1.82, 2.24) is 10.1 Å². The number of amides is 1. The maximum atomic E-state index is 12.7. The van der Waals surface area contributed by atoms with Crippen molar-refractivity contribution >= 4 is 11.9 Å². The molecule has 1 saturated heterocycles. The third-order valence-electron chi connectivity index (χ3n) is 4.30. The van der Waals surface area contributed by atoms with Crippen molar-refractivity contribution < 1.29 is 19.2 Å². The van der Waals surface area contributed by atoms with Crippen molar-refractivity contribution in [2.24, 2.45) is 5.41 Å². The first-order valence-electron chi connectivity index (χ1n) is 7.25. The van der Waals surface area contributed by atoms with E-state index in [0.717, 1.165) is 0 Å². The number of carboxylic acid groups (broad SMARTS) is 1. The Labute approximate surface area is 124 Å². The Morgan fingerprint density at radius 2 is 1.90 bits per heavy atom. The van der Waals surface area contributed by atoms with Crippen molar-refractivity contribution in [2.45, 2.75) is 46.5 Å². The van der Waals surface area contributed by atoms with E-state index in [-0.39, 0.29) is 11.8 Å². The molecule has 1 aromatic heterocycles. The van der Waals surface area contributed by atoms with E-state index in [2.05, 4.69) is 5.16 Å². The van der Waals surface area contributed by atoms with Crippen molar-refractivity contribution in [1.29, 1.82) is 0 Å². The van der Waals surface area contributed by atoms with Crippen LogP contribution in [0.4, 0.5) is 0 Å². The number of hydrogen-bond acceptors (Lipinski definition) is 4. The van der Waals surface area contributed by atoms with Crippen molar-refractivity contribution in [2.75, 3.05) is 13.1 Å². The summed E-state index contributed by atoms with van der Waals surface area (Å²) in [6.45, 7) is 8.30. The molecule has 1 N–H and O–H groups in total. The zero-order valence-corrected chi connectivity index (χ0v) is 13.0. The maximum Gasteiger partial charge on any atom is 0.309 e. The standard InChI is InChI=1S/C15H22N2O4/c1-9(2)12-11(10(3)16-21-12)13(18)17-7-5-15(4,6-8-17)14(19)20/h9H,5-8H2,1-4H3,(H,19,20). The number of rotatable bonds is 3. The second-order valence-electron chi connectivity index (χ2n) is 6.32. The number of nitrogens with zero attached hydrogens (tertiary/aromatic N) is 2. The van der Waals surface area contributed by atoms with Crippen LogP contribution in [0.1, 0.15) is 61.3 Å². The molecule has 1 fully saturated rings. The molecule has 1 aliphatic rings. The van der Waals surface area contributed by atoms with Crippen molar-refractivity contribution in [3.63, 3.8) is 0 Å². The van der Waals surface area contributed by atoms with Crippen LogP contribution in [0.2, 0.25) is 0 Å². The predicted molar refractivity (Wildman–Crippen MR) is 76.2 cm³/mol. The van der Waals surface area contributed by atoms with E-state index in [1.807, 2.05) is 13.8 Å². The Morgan fingerprint density at radius 3 is 2.38 bits per heavy atom. The molecule has 1 amide bonds. The number of aromatic nitrogens is 1. The van der Waals surface area contributed by atoms with E-state index < -0.39 is 11.4 Å². The van der Waals surface area contributed by atoms with Gasteiger partial charge in [0.15, 0.2) is 5.76 Å². The van der Waals surface area contributed by atoms with Crippen LogP contribution in [0.3, 0.4) is 0 Å². The summed E-state index contributed by atoms with van der Waals surface area (Å²) in [5.41, 5.74) is 0.389. The zero-order chi connectivity index (χ0) is 15.8. The lowest BCUT2D eigenvalue weighted by Gasteiger charge is -2.36. The molecule has 21 heavy (non-hydrogen) atoms. The highest BCUT2D eigenvalue weighted by Gasteiger charge is 2.39. The average molecular weight is 294 g/mol. The van der Waals surface area contributed by atoms with Crippen LogP contribution in [-0.4, -0.2) is 40.1 Å². The van der Waals surface area contributed by atoms with Gasteiger partial charge in [-0.1, -0.05) is 19.0 Å². The Hall–Kier alpha value is -1.85. The number of aliphatic carboxylic acids is 1. The number of carboxylic acids is 1. The van der Waals surface area contributed by atoms with Gasteiger partial charge in [-0.05, 0) is 26.7 Å². The van der Waals surface area contributed by atoms with Crippen LogP contribution in [0.15, 0.2) is 4.52 Å². The Morgan fingerprint density at radius 1 is 1.33 bits per heavy atom. The molecule has 0 aliphatic carbocycles. The van der Waals surface area contributed by atoms with Gasteiger partial charge in [-0.15, -0.1) is 0 Å². The van der Waals surface area contributed by atoms with Gasteiger partial charge in [-0.2, -0.15) is 0 Å². The van der Waals surface area contributed by atoms with E-state index in [0.29, 0.717) is 42.9 Å². The molecule has 0 aromatic carbocycles. The molecule has 0 unspecified atom stereocenters. The van der Waals surface area contributed by atoms with Gasteiger partial charge >= 0.3 is 5.97 Å². The maximum absolute atomic E-state index is 12.7. The fraction of sp³-hybridized carbons (Fsp3) is 0.667. The highest BCUT2D eigenvalue weighted by atomic mass is 16.5. The van der Waals surface area contributed by atoms with Crippen LogP contribution >= 0.6 is 0 Å². The van der Waals surface area contributed by atoms with Crippen molar-refractivity contribution in [3.05, 3.63) is 17.0 Å². The van der Waals surface area contributed by atoms with Crippen molar-refractivity contribution in [3.8, 4) is 0 Å². The van der Waals surface area contributed by atoms with Gasteiger partial charge in [0.2, 0.25) is 0 Å². The summed E-state index contributed by atoms with van der Waals surface area (Å²) in [5, 5.41) is 13.1. The highest BCUT2D eigenvalue weighted by molar-refractivity contribution is 5.96. The molecule has 0 radical (unpaired) electrons. The Balaban J connectivity index is 2.16. The number of carbonyl (C=O) groups is 2. The first kappa shape index (κ1) is 15.5. The summed E-state index contributed by atoms with van der Waals surface area (Å²) in [5.74, 6) is -0.216. The van der Waals surface area contributed by atoms with E-state index >= 15 is 0 Å². The van der Waals surface area contributed by atoms with Crippen LogP contribution < -0.4 is 0 Å². The number of aryl methyl sites for hydroxylation is 1. The quantitative estimate of drug-likeness (QED) is 0.925. The van der Waals surface area contributed by atoms with Gasteiger partial charge in [0, 0.05) is 19.0 Å². The SMILES string of the molecule is Cc1noc(C(C)C)c1C(=O)N1CCC(C)(C(=O)O)CC1. The molecule has 1 aliphatic heterocycles. The molecule has 116 valence electrons. The summed E-state index contributed by atoms with van der Waals surface area (Å²) in [7, 11) is 0. The van der Waals surface area contributed by atoms with Gasteiger partial charge in [0.25, 0.3) is 5.91 Å². The summed E-state index contributed by atoms with van der Waals surface area (Å²) in [6, 6.07) is 0. The van der Waals surface area contributed by atoms with Gasteiger partial charge in [-0.25, -0.2) is 0 Å². The van der Waals surface area contributed by atoms with E-state index in [9.17, 15) is 14.7 Å². The first-order valence-corrected chi connectivity index (χ1v) is 7.25. The molecule has 0 spiro atoms. The smallest absolute Gasteiger partial charge is 0.309 e. The fourth-order valence-corrected chi connectivity index (χ4v) is 2.62. The molecule has 1 aromatic rings. The average Bonchev–Trinajstić information content (AvgIpc) is 2.80. The van der Waals surface area contributed by atoms with E-state index in [1.165, 1.54) is 0 Å². The summed E-state index contributed by atoms with van der Waals surface area (Å²) >= 11 is 0. The predicted octanol–water partition coefficient (Wildman–Crippen LogP) is 2.43. The second kappa shape index (κ2) is 5.50. The zero-order valence-electron chi connectivity index (χ0n) is 13.0. The topological polar surface area (TPSA) is 83.6 Å². The summed E-state index contributed by atoms with van der Waals surface area (Å²) in [4.78, 5) is 25.6. The van der Waals surface area contributed by atoms with E-state index in [1.54, 1.807) is 18.7 Å². The third kappa shape index (κ3) is 2.80. The molecular weight excluding hydrogens is 272 g/mol. The molecule has 6 nitrogen and oxygen atoms in total. The molecule has 0 atom stereocenters. The van der Waals surface area contributed by atoms with Gasteiger partial charge in [-0.3, -0.25) is 9.59 Å². The largest absolute Gasteiger partial charge is 0.481 e. The molecule has 0 bridgehead atoms. The molecular formula is C15H22N2O4. The van der Waals surface area contributed by atoms with Crippen LogP contribution in [0.5, 0.6) is 0 Å². The molecule has 2 heterocycles. The Bertz CT molecular complexity index is 554. The van der Waals surface area contributed by atoms with Gasteiger partial charge < -0.3 is 14.5 Å². The van der Waals surface area contributed by atoms with E-state index in [4.69, 9.17) is 4.52 Å². The lowest BCUT2D eigenvalue weighted by Crippen LogP contribution is -2.45. The molecule has 6 heteroatoms. The summed E-state index contributed by atoms with van der Waals surface area (Å²) < 4.78 is 5.26. The van der Waals surface area contributed by atoms with Crippen LogP contribution in [-0.2, 0) is 4.79 Å². The normalized spacial score (nSPS) is 18.0. The van der Waals surface area contributed by atoms with Gasteiger partial charge in [0.1, 0.15) is 5.56 Å².